The van der Waals surface area contributed by atoms with Gasteiger partial charge in [-0.05, 0) is 0 Å². The van der Waals surface area contributed by atoms with Crippen LogP contribution in [0.4, 0.5) is 0 Å². The zero-order chi connectivity index (χ0) is 12.7. The van der Waals surface area contributed by atoms with E-state index in [4.69, 9.17) is 8.39 Å². The Labute approximate surface area is 170 Å². The molecule has 0 bridgehead atoms. The Bertz CT molecular complexity index is 717. The molecule has 3 rings (SSSR count). The SMILES string of the molecule is Cc1cc[c-]c2op(C)oc3[c-]ccc(C)c3c12.[Y].[Y]. The quantitative estimate of drug-likeness (QED) is 0.464. The summed E-state index contributed by atoms with van der Waals surface area (Å²) in [5.74, 6) is 0. The van der Waals surface area contributed by atoms with Crippen LogP contribution in [0.5, 0.6) is 0 Å². The van der Waals surface area contributed by atoms with E-state index in [-0.39, 0.29) is 65.4 Å². The summed E-state index contributed by atoms with van der Waals surface area (Å²) in [6, 6.07) is 14.2. The van der Waals surface area contributed by atoms with Gasteiger partial charge in [-0.1, -0.05) is 13.8 Å². The summed E-state index contributed by atoms with van der Waals surface area (Å²) in [5, 5.41) is 2.16. The van der Waals surface area contributed by atoms with E-state index in [0.717, 1.165) is 21.9 Å². The number of hydrogen-bond acceptors (Lipinski definition) is 2. The van der Waals surface area contributed by atoms with Gasteiger partial charge in [0, 0.05) is 83.2 Å². The maximum atomic E-state index is 5.84. The summed E-state index contributed by atoms with van der Waals surface area (Å²) < 4.78 is 11.7. The van der Waals surface area contributed by atoms with Crippen molar-refractivity contribution >= 4 is 30.0 Å². The predicted molar refractivity (Wildman–Crippen MR) is 74.4 cm³/mol. The Balaban J connectivity index is 0.000001000. The third-order valence-electron chi connectivity index (χ3n) is 3.03. The summed E-state index contributed by atoms with van der Waals surface area (Å²) in [7, 11) is -0.979. The fourth-order valence-corrected chi connectivity index (χ4v) is 3.03. The van der Waals surface area contributed by atoms with E-state index < -0.39 is 8.01 Å². The van der Waals surface area contributed by atoms with Crippen molar-refractivity contribution in [1.29, 1.82) is 0 Å². The van der Waals surface area contributed by atoms with E-state index in [1.54, 1.807) is 0 Å². The van der Waals surface area contributed by atoms with Crippen molar-refractivity contribution in [3.05, 3.63) is 47.5 Å². The van der Waals surface area contributed by atoms with Gasteiger partial charge in [-0.2, -0.15) is 35.4 Å². The average molecular weight is 434 g/mol. The summed E-state index contributed by atoms with van der Waals surface area (Å²) in [6.45, 7) is 6.10. The Morgan fingerprint density at radius 1 is 0.850 bits per heavy atom. The minimum absolute atomic E-state index is 0. The number of fused-ring (bicyclic) bond motifs is 3. The van der Waals surface area contributed by atoms with Gasteiger partial charge in [-0.25, -0.2) is 0 Å². The van der Waals surface area contributed by atoms with Crippen LogP contribution in [0.2, 0.25) is 0 Å². The van der Waals surface area contributed by atoms with Crippen LogP contribution in [0.25, 0.3) is 21.9 Å². The van der Waals surface area contributed by atoms with Gasteiger partial charge in [0.15, 0.2) is 0 Å². The van der Waals surface area contributed by atoms with Crippen LogP contribution >= 0.6 is 8.01 Å². The van der Waals surface area contributed by atoms with Crippen molar-refractivity contribution in [2.45, 2.75) is 13.8 Å². The van der Waals surface area contributed by atoms with Crippen LogP contribution in [0.3, 0.4) is 0 Å². The molecule has 1 heterocycles. The molecule has 0 fully saturated rings. The predicted octanol–water partition coefficient (Wildman–Crippen LogP) is 5.04. The van der Waals surface area contributed by atoms with Gasteiger partial charge in [-0.15, -0.1) is 22.9 Å². The van der Waals surface area contributed by atoms with Gasteiger partial charge >= 0.3 is 0 Å². The molecule has 98 valence electrons. The third kappa shape index (κ3) is 3.47. The van der Waals surface area contributed by atoms with Crippen LogP contribution in [-0.4, -0.2) is 0 Å². The molecule has 0 amide bonds. The van der Waals surface area contributed by atoms with Gasteiger partial charge in [0.2, 0.25) is 8.01 Å². The second-order valence-electron chi connectivity index (χ2n) is 4.35. The van der Waals surface area contributed by atoms with E-state index >= 15 is 0 Å². The largest absolute Gasteiger partial charge is 0.448 e. The molecule has 0 spiro atoms. The number of aryl methyl sites for hydroxylation is 3. The summed E-state index contributed by atoms with van der Waals surface area (Å²) in [4.78, 5) is 0. The first-order chi connectivity index (χ1) is 8.66. The summed E-state index contributed by atoms with van der Waals surface area (Å²) in [6.07, 6.45) is 0. The van der Waals surface area contributed by atoms with E-state index in [1.165, 1.54) is 11.1 Å². The van der Waals surface area contributed by atoms with Gasteiger partial charge in [0.05, 0.1) is 0 Å². The molecule has 3 aromatic rings. The average Bonchev–Trinajstić information content (AvgIpc) is 2.46. The topological polar surface area (TPSA) is 26.3 Å². The smallest absolute Gasteiger partial charge is 0.208 e. The molecule has 5 heteroatoms. The molecule has 0 aliphatic heterocycles. The van der Waals surface area contributed by atoms with E-state index in [2.05, 4.69) is 26.0 Å². The third-order valence-corrected chi connectivity index (χ3v) is 3.91. The Morgan fingerprint density at radius 3 is 1.65 bits per heavy atom. The first-order valence-electron chi connectivity index (χ1n) is 5.79. The van der Waals surface area contributed by atoms with Gasteiger partial charge in [0.1, 0.15) is 0 Å². The van der Waals surface area contributed by atoms with Crippen molar-refractivity contribution in [1.82, 2.24) is 0 Å². The molecule has 2 radical (unpaired) electrons. The first-order valence-corrected chi connectivity index (χ1v) is 7.42. The van der Waals surface area contributed by atoms with Crippen LogP contribution in [-0.2, 0) is 72.1 Å². The molecule has 0 saturated heterocycles. The molecule has 1 aromatic heterocycles. The Morgan fingerprint density at radius 2 is 1.25 bits per heavy atom. The normalized spacial score (nSPS) is 9.95. The summed E-state index contributed by atoms with van der Waals surface area (Å²) >= 11 is 0. The molecule has 0 atom stereocenters. The molecule has 0 aliphatic rings. The molecule has 0 aliphatic carbocycles. The van der Waals surface area contributed by atoms with Crippen molar-refractivity contribution in [3.8, 4) is 0 Å². The van der Waals surface area contributed by atoms with Crippen LogP contribution in [0.15, 0.2) is 32.7 Å². The fourth-order valence-electron chi connectivity index (χ4n) is 2.20. The van der Waals surface area contributed by atoms with Gasteiger partial charge in [-0.3, -0.25) is 0 Å². The molecular weight excluding hydrogens is 421 g/mol. The van der Waals surface area contributed by atoms with E-state index in [9.17, 15) is 0 Å². The molecular formula is C15H13O2PY2-2. The molecule has 2 aromatic carbocycles. The zero-order valence-electron chi connectivity index (χ0n) is 11.7. The van der Waals surface area contributed by atoms with E-state index in [1.807, 2.05) is 30.9 Å². The van der Waals surface area contributed by atoms with Gasteiger partial charge in [0.25, 0.3) is 0 Å². The van der Waals surface area contributed by atoms with E-state index in [0.29, 0.717) is 0 Å². The molecule has 0 saturated carbocycles. The number of hydrogen-bond donors (Lipinski definition) is 0. The van der Waals surface area contributed by atoms with Crippen molar-refractivity contribution in [2.75, 3.05) is 0 Å². The standard InChI is InChI=1S/C15H13O2P.2Y/c1-10-6-4-8-12-14(10)15-11(2)7-5-9-13(15)17-18(3)16-12;;/h4-7H,1-3H3;;/q-2;;. The van der Waals surface area contributed by atoms with Crippen molar-refractivity contribution in [2.24, 2.45) is 6.66 Å². The minimum atomic E-state index is -0.979. The second-order valence-corrected chi connectivity index (χ2v) is 5.60. The molecule has 2 nitrogen and oxygen atoms in total. The number of rotatable bonds is 0. The minimum Gasteiger partial charge on any atom is -0.448 e. The molecule has 20 heavy (non-hydrogen) atoms. The van der Waals surface area contributed by atoms with Crippen molar-refractivity contribution < 1.29 is 73.8 Å². The van der Waals surface area contributed by atoms with Gasteiger partial charge < -0.3 is 8.39 Å². The van der Waals surface area contributed by atoms with Crippen LogP contribution < -0.4 is 0 Å². The monoisotopic (exact) mass is 434 g/mol. The zero-order valence-corrected chi connectivity index (χ0v) is 18.3. The maximum absolute atomic E-state index is 5.84. The molecule has 0 N–H and O–H groups in total. The second kappa shape index (κ2) is 7.70. The number of benzene rings is 2. The Kier molecular flexibility index (Phi) is 7.16. The fraction of sp³-hybridized carbons (Fsp3) is 0.200. The first kappa shape index (κ1) is 18.6. The maximum Gasteiger partial charge on any atom is 0.208 e. The van der Waals surface area contributed by atoms with Crippen LogP contribution in [0.1, 0.15) is 11.1 Å². The summed E-state index contributed by atoms with van der Waals surface area (Å²) in [5.41, 5.74) is 3.90. The molecule has 0 unspecified atom stereocenters. The van der Waals surface area contributed by atoms with Crippen LogP contribution in [0, 0.1) is 26.0 Å². The van der Waals surface area contributed by atoms with Crippen molar-refractivity contribution in [3.63, 3.8) is 0 Å². The Hall–Kier alpha value is 0.548.